The summed E-state index contributed by atoms with van der Waals surface area (Å²) in [5, 5.41) is 4.57. The standard InChI is InChI=1S/C16H14ClNO3.C8H11NO2/c1-20-14-4-2-3-11(9-14)15-10-21-16(19)18(15)13-7-5-12(17)6-8-13;1-6-4-8(9-11-6)7-2-3-10-5-7/h2-9,15H,10H2,1H3;4,7H,2-3,5H2,1H3. The van der Waals surface area contributed by atoms with Crippen LogP contribution >= 0.6 is 11.6 Å². The largest absolute Gasteiger partial charge is 0.497 e. The molecule has 2 unspecified atom stereocenters. The van der Waals surface area contributed by atoms with E-state index >= 15 is 0 Å². The zero-order valence-corrected chi connectivity index (χ0v) is 18.7. The van der Waals surface area contributed by atoms with Crippen molar-refractivity contribution >= 4 is 23.4 Å². The van der Waals surface area contributed by atoms with Gasteiger partial charge in [-0.25, -0.2) is 4.79 Å². The lowest BCUT2D eigenvalue weighted by Gasteiger charge is -2.22. The molecule has 1 aromatic heterocycles. The normalized spacial score (nSPS) is 20.0. The van der Waals surface area contributed by atoms with Gasteiger partial charge in [0, 0.05) is 29.3 Å². The van der Waals surface area contributed by atoms with Gasteiger partial charge in [0.2, 0.25) is 0 Å². The molecule has 2 fully saturated rings. The molecule has 2 saturated heterocycles. The van der Waals surface area contributed by atoms with Crippen LogP contribution in [0.3, 0.4) is 0 Å². The Balaban J connectivity index is 0.000000186. The van der Waals surface area contributed by atoms with Gasteiger partial charge in [-0.1, -0.05) is 28.9 Å². The highest BCUT2D eigenvalue weighted by atomic mass is 35.5. The molecule has 0 radical (unpaired) electrons. The van der Waals surface area contributed by atoms with Gasteiger partial charge in [0.25, 0.3) is 0 Å². The quantitative estimate of drug-likeness (QED) is 0.513. The molecule has 2 atom stereocenters. The minimum atomic E-state index is -0.356. The Bertz CT molecular complexity index is 1050. The topological polar surface area (TPSA) is 74.0 Å². The third-order valence-corrected chi connectivity index (χ3v) is 5.70. The first-order valence-electron chi connectivity index (χ1n) is 10.4. The number of cyclic esters (lactones) is 1. The van der Waals surface area contributed by atoms with E-state index in [-0.39, 0.29) is 12.1 Å². The lowest BCUT2D eigenvalue weighted by atomic mass is 10.1. The summed E-state index contributed by atoms with van der Waals surface area (Å²) in [6.07, 6.45) is 0.719. The third-order valence-electron chi connectivity index (χ3n) is 5.45. The van der Waals surface area contributed by atoms with Crippen LogP contribution in [0.5, 0.6) is 5.75 Å². The van der Waals surface area contributed by atoms with Crippen LogP contribution in [0.25, 0.3) is 0 Å². The minimum Gasteiger partial charge on any atom is -0.497 e. The van der Waals surface area contributed by atoms with Gasteiger partial charge in [-0.2, -0.15) is 0 Å². The molecule has 2 aromatic carbocycles. The van der Waals surface area contributed by atoms with Crippen molar-refractivity contribution in [2.45, 2.75) is 25.3 Å². The number of rotatable bonds is 4. The van der Waals surface area contributed by atoms with Crippen LogP contribution < -0.4 is 9.64 Å². The molecule has 0 aliphatic carbocycles. The molecule has 168 valence electrons. The summed E-state index contributed by atoms with van der Waals surface area (Å²) in [6, 6.07) is 16.6. The molecule has 3 heterocycles. The first kappa shape index (κ1) is 22.2. The van der Waals surface area contributed by atoms with Crippen molar-refractivity contribution in [1.29, 1.82) is 0 Å². The zero-order valence-electron chi connectivity index (χ0n) is 18.0. The Morgan fingerprint density at radius 1 is 1.12 bits per heavy atom. The molecule has 2 aliphatic rings. The van der Waals surface area contributed by atoms with Gasteiger partial charge in [0.1, 0.15) is 18.1 Å². The summed E-state index contributed by atoms with van der Waals surface area (Å²) in [6.45, 7) is 3.88. The highest BCUT2D eigenvalue weighted by Gasteiger charge is 2.35. The van der Waals surface area contributed by atoms with Crippen LogP contribution in [0.4, 0.5) is 10.5 Å². The summed E-state index contributed by atoms with van der Waals surface area (Å²) in [7, 11) is 1.62. The van der Waals surface area contributed by atoms with Crippen molar-refractivity contribution in [3.05, 3.63) is 76.6 Å². The number of ether oxygens (including phenoxy) is 3. The predicted octanol–water partition coefficient (Wildman–Crippen LogP) is 5.53. The molecular formula is C24H25ClN2O5. The van der Waals surface area contributed by atoms with Gasteiger partial charge in [-0.15, -0.1) is 0 Å². The number of halogens is 1. The molecule has 0 spiro atoms. The molecule has 7 nitrogen and oxygen atoms in total. The molecule has 0 N–H and O–H groups in total. The first-order valence-corrected chi connectivity index (χ1v) is 10.8. The number of anilines is 1. The monoisotopic (exact) mass is 456 g/mol. The SMILES string of the molecule is COc1cccc(C2COC(=O)N2c2ccc(Cl)cc2)c1.Cc1cc(C2CCOC2)no1. The van der Waals surface area contributed by atoms with E-state index in [0.717, 1.165) is 48.1 Å². The Morgan fingerprint density at radius 2 is 1.94 bits per heavy atom. The summed E-state index contributed by atoms with van der Waals surface area (Å²) in [4.78, 5) is 13.7. The maximum absolute atomic E-state index is 12.0. The number of amides is 1. The van der Waals surface area contributed by atoms with E-state index in [1.165, 1.54) is 0 Å². The Kier molecular flexibility index (Phi) is 6.97. The average Bonchev–Trinajstić information content (AvgIpc) is 3.56. The summed E-state index contributed by atoms with van der Waals surface area (Å²) in [5.41, 5.74) is 2.77. The highest BCUT2D eigenvalue weighted by molar-refractivity contribution is 6.30. The fourth-order valence-electron chi connectivity index (χ4n) is 3.75. The van der Waals surface area contributed by atoms with Crippen molar-refractivity contribution in [3.63, 3.8) is 0 Å². The number of nitrogens with zero attached hydrogens (tertiary/aromatic N) is 2. The maximum Gasteiger partial charge on any atom is 0.415 e. The first-order chi connectivity index (χ1) is 15.5. The number of aromatic nitrogens is 1. The van der Waals surface area contributed by atoms with Crippen LogP contribution in [0.2, 0.25) is 5.02 Å². The van der Waals surface area contributed by atoms with Crippen molar-refractivity contribution in [3.8, 4) is 5.75 Å². The van der Waals surface area contributed by atoms with Gasteiger partial charge >= 0.3 is 6.09 Å². The van der Waals surface area contributed by atoms with Crippen molar-refractivity contribution in [2.75, 3.05) is 31.8 Å². The number of methoxy groups -OCH3 is 1. The van der Waals surface area contributed by atoms with Crippen LogP contribution in [0, 0.1) is 6.92 Å². The number of carbonyl (C=O) groups excluding carboxylic acids is 1. The highest BCUT2D eigenvalue weighted by Crippen LogP contribution is 2.34. The molecule has 5 rings (SSSR count). The second-order valence-corrected chi connectivity index (χ2v) is 8.08. The van der Waals surface area contributed by atoms with Crippen LogP contribution in [0.15, 0.2) is 59.1 Å². The fraction of sp³-hybridized carbons (Fsp3) is 0.333. The van der Waals surface area contributed by atoms with E-state index in [2.05, 4.69) is 5.16 Å². The van der Waals surface area contributed by atoms with Gasteiger partial charge in [0.05, 0.1) is 25.5 Å². The van der Waals surface area contributed by atoms with E-state index in [0.29, 0.717) is 17.5 Å². The number of hydrogen-bond acceptors (Lipinski definition) is 6. The summed E-state index contributed by atoms with van der Waals surface area (Å²) >= 11 is 5.90. The minimum absolute atomic E-state index is 0.172. The smallest absolute Gasteiger partial charge is 0.415 e. The lowest BCUT2D eigenvalue weighted by molar-refractivity contribution is 0.179. The van der Waals surface area contributed by atoms with Crippen LogP contribution in [0.1, 0.15) is 35.4 Å². The van der Waals surface area contributed by atoms with Crippen LogP contribution in [-0.4, -0.2) is 38.2 Å². The molecule has 1 amide bonds. The second-order valence-electron chi connectivity index (χ2n) is 7.64. The number of carbonyl (C=O) groups is 1. The average molecular weight is 457 g/mol. The van der Waals surface area contributed by atoms with Crippen molar-refractivity contribution in [2.24, 2.45) is 0 Å². The van der Waals surface area contributed by atoms with Crippen molar-refractivity contribution < 1.29 is 23.5 Å². The predicted molar refractivity (Wildman–Crippen MR) is 120 cm³/mol. The molecule has 2 aliphatic heterocycles. The molecular weight excluding hydrogens is 432 g/mol. The number of aryl methyl sites for hydroxylation is 1. The number of benzene rings is 2. The van der Waals surface area contributed by atoms with Gasteiger partial charge in [-0.05, 0) is 55.3 Å². The Labute approximate surface area is 191 Å². The Hall–Kier alpha value is -3.03. The van der Waals surface area contributed by atoms with E-state index in [4.69, 9.17) is 30.3 Å². The van der Waals surface area contributed by atoms with Gasteiger partial charge < -0.3 is 18.7 Å². The molecule has 3 aromatic rings. The van der Waals surface area contributed by atoms with Crippen LogP contribution in [-0.2, 0) is 9.47 Å². The molecule has 0 saturated carbocycles. The molecule has 8 heteroatoms. The molecule has 0 bridgehead atoms. The Morgan fingerprint density at radius 3 is 2.59 bits per heavy atom. The van der Waals surface area contributed by atoms with Crippen molar-refractivity contribution in [1.82, 2.24) is 5.16 Å². The van der Waals surface area contributed by atoms with Gasteiger partial charge in [0.15, 0.2) is 0 Å². The number of hydrogen-bond donors (Lipinski definition) is 0. The van der Waals surface area contributed by atoms with E-state index in [1.54, 1.807) is 24.1 Å². The maximum atomic E-state index is 12.0. The second kappa shape index (κ2) is 10.1. The summed E-state index contributed by atoms with van der Waals surface area (Å²) in [5.74, 6) is 2.10. The van der Waals surface area contributed by atoms with E-state index in [9.17, 15) is 4.79 Å². The fourth-order valence-corrected chi connectivity index (χ4v) is 3.87. The van der Waals surface area contributed by atoms with E-state index < -0.39 is 0 Å². The third kappa shape index (κ3) is 5.06. The molecule has 32 heavy (non-hydrogen) atoms. The van der Waals surface area contributed by atoms with E-state index in [1.807, 2.05) is 49.4 Å². The lowest BCUT2D eigenvalue weighted by Crippen LogP contribution is -2.27. The summed E-state index contributed by atoms with van der Waals surface area (Å²) < 4.78 is 20.7. The zero-order chi connectivity index (χ0) is 22.5. The van der Waals surface area contributed by atoms with Gasteiger partial charge in [-0.3, -0.25) is 4.90 Å².